The molecule has 3 aromatic rings. The van der Waals surface area contributed by atoms with E-state index in [1.165, 1.54) is 6.33 Å². The van der Waals surface area contributed by atoms with Crippen LogP contribution in [0.4, 0.5) is 5.82 Å². The van der Waals surface area contributed by atoms with Crippen molar-refractivity contribution >= 4 is 22.8 Å². The van der Waals surface area contributed by atoms with Crippen molar-refractivity contribution in [2.45, 2.75) is 40.2 Å². The minimum Gasteiger partial charge on any atom is -0.493 e. The summed E-state index contributed by atoms with van der Waals surface area (Å²) in [4.78, 5) is 24.0. The van der Waals surface area contributed by atoms with Crippen LogP contribution in [-0.4, -0.2) is 42.7 Å². The van der Waals surface area contributed by atoms with Crippen LogP contribution in [0.25, 0.3) is 11.1 Å². The molecule has 1 amide bonds. The first-order valence-electron chi connectivity index (χ1n) is 11.0. The molecule has 2 aromatic heterocycles. The van der Waals surface area contributed by atoms with Gasteiger partial charge in [-0.1, -0.05) is 6.07 Å². The second-order valence-corrected chi connectivity index (χ2v) is 8.08. The van der Waals surface area contributed by atoms with E-state index in [2.05, 4.69) is 20.2 Å². The summed E-state index contributed by atoms with van der Waals surface area (Å²) in [6.45, 7) is 8.36. The highest BCUT2D eigenvalue weighted by Crippen LogP contribution is 2.33. The topological polar surface area (TPSA) is 89.7 Å². The molecule has 0 radical (unpaired) electrons. The molecule has 1 atom stereocenters. The van der Waals surface area contributed by atoms with Gasteiger partial charge in [0.2, 0.25) is 11.6 Å². The van der Waals surface area contributed by atoms with E-state index in [1.807, 2.05) is 39.0 Å². The van der Waals surface area contributed by atoms with Crippen LogP contribution >= 0.6 is 0 Å². The Kier molecular flexibility index (Phi) is 6.48. The average molecular weight is 439 g/mol. The van der Waals surface area contributed by atoms with E-state index >= 15 is 0 Å². The smallest absolute Gasteiger partial charge is 0.231 e. The molecule has 1 fully saturated rings. The number of methoxy groups -OCH3 is 1. The Morgan fingerprint density at radius 2 is 2.12 bits per heavy atom. The second kappa shape index (κ2) is 9.46. The van der Waals surface area contributed by atoms with Crippen LogP contribution in [-0.2, 0) is 11.3 Å². The number of furan rings is 1. The number of piperidine rings is 1. The number of aromatic nitrogens is 2. The Morgan fingerprint density at radius 1 is 1.28 bits per heavy atom. The summed E-state index contributed by atoms with van der Waals surface area (Å²) in [7, 11) is 1.62. The van der Waals surface area contributed by atoms with Crippen LogP contribution in [0, 0.1) is 19.8 Å². The zero-order valence-corrected chi connectivity index (χ0v) is 19.1. The fourth-order valence-electron chi connectivity index (χ4n) is 4.22. The number of carbonyl (C=O) groups excluding carboxylic acids is 1. The maximum Gasteiger partial charge on any atom is 0.231 e. The molecule has 1 aliphatic rings. The van der Waals surface area contributed by atoms with Gasteiger partial charge in [0.15, 0.2) is 11.5 Å². The van der Waals surface area contributed by atoms with Gasteiger partial charge < -0.3 is 24.1 Å². The Hall–Kier alpha value is -3.29. The van der Waals surface area contributed by atoms with E-state index in [9.17, 15) is 4.79 Å². The number of hydrogen-bond donors (Lipinski definition) is 1. The van der Waals surface area contributed by atoms with Crippen LogP contribution in [0.2, 0.25) is 0 Å². The van der Waals surface area contributed by atoms with Gasteiger partial charge in [-0.05, 0) is 51.3 Å². The van der Waals surface area contributed by atoms with Crippen molar-refractivity contribution in [2.75, 3.05) is 31.7 Å². The molecule has 4 rings (SSSR count). The number of aryl methyl sites for hydroxylation is 2. The average Bonchev–Trinajstić information content (AvgIpc) is 3.11. The summed E-state index contributed by atoms with van der Waals surface area (Å²) in [5.74, 6) is 3.01. The lowest BCUT2D eigenvalue weighted by Crippen LogP contribution is -2.43. The monoisotopic (exact) mass is 438 g/mol. The predicted octanol–water partition coefficient (Wildman–Crippen LogP) is 3.78. The van der Waals surface area contributed by atoms with Crippen molar-refractivity contribution < 1.29 is 18.7 Å². The van der Waals surface area contributed by atoms with E-state index in [1.54, 1.807) is 7.11 Å². The first kappa shape index (κ1) is 21.9. The van der Waals surface area contributed by atoms with Gasteiger partial charge in [-0.25, -0.2) is 9.97 Å². The van der Waals surface area contributed by atoms with Crippen molar-refractivity contribution in [1.82, 2.24) is 15.3 Å². The second-order valence-electron chi connectivity index (χ2n) is 8.08. The number of amides is 1. The highest BCUT2D eigenvalue weighted by Gasteiger charge is 2.28. The Morgan fingerprint density at radius 3 is 2.91 bits per heavy atom. The van der Waals surface area contributed by atoms with E-state index in [4.69, 9.17) is 13.9 Å². The molecule has 170 valence electrons. The maximum absolute atomic E-state index is 13.0. The minimum atomic E-state index is -0.105. The third-order valence-corrected chi connectivity index (χ3v) is 6.03. The number of benzene rings is 1. The minimum absolute atomic E-state index is 0.0499. The number of ether oxygens (including phenoxy) is 2. The van der Waals surface area contributed by atoms with Gasteiger partial charge in [0.1, 0.15) is 17.9 Å². The van der Waals surface area contributed by atoms with Gasteiger partial charge in [0.05, 0.1) is 25.0 Å². The fraction of sp³-hybridized carbons (Fsp3) is 0.458. The Bertz CT molecular complexity index is 1110. The number of anilines is 1. The van der Waals surface area contributed by atoms with Crippen molar-refractivity contribution in [3.63, 3.8) is 0 Å². The summed E-state index contributed by atoms with van der Waals surface area (Å²) in [5, 5.41) is 4.02. The summed E-state index contributed by atoms with van der Waals surface area (Å²) in [6.07, 6.45) is 3.31. The first-order valence-corrected chi connectivity index (χ1v) is 11.0. The molecule has 0 spiro atoms. The van der Waals surface area contributed by atoms with Gasteiger partial charge in [0.25, 0.3) is 0 Å². The predicted molar refractivity (Wildman–Crippen MR) is 122 cm³/mol. The summed E-state index contributed by atoms with van der Waals surface area (Å²) >= 11 is 0. The highest BCUT2D eigenvalue weighted by atomic mass is 16.5. The van der Waals surface area contributed by atoms with Crippen LogP contribution < -0.4 is 19.7 Å². The maximum atomic E-state index is 13.0. The van der Waals surface area contributed by atoms with E-state index in [-0.39, 0.29) is 11.8 Å². The molecule has 1 aliphatic heterocycles. The largest absolute Gasteiger partial charge is 0.493 e. The lowest BCUT2D eigenvalue weighted by molar-refractivity contribution is -0.125. The molecule has 32 heavy (non-hydrogen) atoms. The zero-order chi connectivity index (χ0) is 22.7. The van der Waals surface area contributed by atoms with Crippen molar-refractivity contribution in [1.29, 1.82) is 0 Å². The number of hydrogen-bond acceptors (Lipinski definition) is 7. The third kappa shape index (κ3) is 4.35. The molecule has 0 aliphatic carbocycles. The van der Waals surface area contributed by atoms with E-state index in [0.29, 0.717) is 36.9 Å². The molecule has 1 N–H and O–H groups in total. The van der Waals surface area contributed by atoms with Gasteiger partial charge >= 0.3 is 0 Å². The standard InChI is InChI=1S/C24H30N4O4/c1-5-31-20-11-17(8-9-19(20)30-4)12-25-23(29)18-7-6-10-28(13-18)22-21-15(2)16(3)32-24(21)27-14-26-22/h8-9,11,14,18H,5-7,10,12-13H2,1-4H3,(H,25,29)/t18-/m1/s1. The quantitative estimate of drug-likeness (QED) is 0.600. The van der Waals surface area contributed by atoms with Crippen LogP contribution in [0.3, 0.4) is 0 Å². The van der Waals surface area contributed by atoms with Crippen LogP contribution in [0.15, 0.2) is 28.9 Å². The molecular weight excluding hydrogens is 408 g/mol. The van der Waals surface area contributed by atoms with Gasteiger partial charge in [0, 0.05) is 25.2 Å². The van der Waals surface area contributed by atoms with Gasteiger partial charge in [-0.3, -0.25) is 4.79 Å². The third-order valence-electron chi connectivity index (χ3n) is 6.03. The normalized spacial score (nSPS) is 16.2. The van der Waals surface area contributed by atoms with Gasteiger partial charge in [-0.15, -0.1) is 0 Å². The Balaban J connectivity index is 1.44. The lowest BCUT2D eigenvalue weighted by Gasteiger charge is -2.33. The lowest BCUT2D eigenvalue weighted by atomic mass is 9.96. The molecule has 1 saturated heterocycles. The summed E-state index contributed by atoms with van der Waals surface area (Å²) in [5.41, 5.74) is 2.62. The van der Waals surface area contributed by atoms with Crippen molar-refractivity contribution in [3.8, 4) is 11.5 Å². The van der Waals surface area contributed by atoms with Crippen LogP contribution in [0.5, 0.6) is 11.5 Å². The first-order chi connectivity index (χ1) is 15.5. The molecular formula is C24H30N4O4. The van der Waals surface area contributed by atoms with Crippen molar-refractivity contribution in [3.05, 3.63) is 41.4 Å². The summed E-state index contributed by atoms with van der Waals surface area (Å²) < 4.78 is 16.7. The SMILES string of the molecule is CCOc1cc(CNC(=O)[C@@H]2CCCN(c3ncnc4oc(C)c(C)c34)C2)ccc1OC. The Labute approximate surface area is 187 Å². The molecule has 8 nitrogen and oxygen atoms in total. The fourth-order valence-corrected chi connectivity index (χ4v) is 4.22. The van der Waals surface area contributed by atoms with Crippen molar-refractivity contribution in [2.24, 2.45) is 5.92 Å². The molecule has 0 unspecified atom stereocenters. The number of carbonyl (C=O) groups is 1. The number of nitrogens with zero attached hydrogens (tertiary/aromatic N) is 3. The van der Waals surface area contributed by atoms with Gasteiger partial charge in [-0.2, -0.15) is 0 Å². The number of rotatable bonds is 7. The molecule has 3 heterocycles. The molecule has 8 heteroatoms. The molecule has 1 aromatic carbocycles. The number of fused-ring (bicyclic) bond motifs is 1. The highest BCUT2D eigenvalue weighted by molar-refractivity contribution is 5.90. The zero-order valence-electron chi connectivity index (χ0n) is 19.1. The molecule has 0 bridgehead atoms. The van der Waals surface area contributed by atoms with E-state index < -0.39 is 0 Å². The summed E-state index contributed by atoms with van der Waals surface area (Å²) in [6, 6.07) is 5.72. The number of nitrogens with one attached hydrogen (secondary N) is 1. The van der Waals surface area contributed by atoms with Crippen LogP contribution in [0.1, 0.15) is 36.7 Å². The van der Waals surface area contributed by atoms with E-state index in [0.717, 1.165) is 47.5 Å². The molecule has 0 saturated carbocycles.